The van der Waals surface area contributed by atoms with Gasteiger partial charge in [0.15, 0.2) is 0 Å². The Kier molecular flexibility index (Phi) is 2.40. The van der Waals surface area contributed by atoms with Crippen LogP contribution in [-0.2, 0) is 5.41 Å². The zero-order valence-corrected chi connectivity index (χ0v) is 13.8. The minimum atomic E-state index is 0.000734. The molecule has 1 N–H and O–H groups in total. The van der Waals surface area contributed by atoms with Crippen LogP contribution in [0.5, 0.6) is 0 Å². The fourth-order valence-corrected chi connectivity index (χ4v) is 4.30. The molecule has 0 unspecified atom stereocenters. The molecule has 112 valence electrons. The van der Waals surface area contributed by atoms with E-state index in [0.29, 0.717) is 0 Å². The van der Waals surface area contributed by atoms with Crippen molar-refractivity contribution in [3.05, 3.63) is 70.7 Å². The van der Waals surface area contributed by atoms with E-state index in [4.69, 9.17) is 11.6 Å². The van der Waals surface area contributed by atoms with Gasteiger partial charge in [0, 0.05) is 32.3 Å². The van der Waals surface area contributed by atoms with Crippen molar-refractivity contribution in [2.24, 2.45) is 0 Å². The summed E-state index contributed by atoms with van der Waals surface area (Å²) in [7, 11) is 0. The number of fused-ring (bicyclic) bond motifs is 7. The molecule has 0 spiro atoms. The minimum Gasteiger partial charge on any atom is -0.354 e. The number of nitrogens with one attached hydrogen (secondary N) is 1. The lowest BCUT2D eigenvalue weighted by molar-refractivity contribution is 0.661. The lowest BCUT2D eigenvalue weighted by Gasteiger charge is -2.21. The molecule has 0 amide bonds. The van der Waals surface area contributed by atoms with Crippen LogP contribution in [0.3, 0.4) is 0 Å². The number of benzene rings is 3. The Balaban J connectivity index is 2.01. The van der Waals surface area contributed by atoms with Gasteiger partial charge in [0.2, 0.25) is 0 Å². The molecule has 0 bridgehead atoms. The maximum Gasteiger partial charge on any atom is 0.0547 e. The van der Waals surface area contributed by atoms with E-state index >= 15 is 0 Å². The highest BCUT2D eigenvalue weighted by atomic mass is 35.5. The summed E-state index contributed by atoms with van der Waals surface area (Å²) >= 11 is 6.30. The summed E-state index contributed by atoms with van der Waals surface area (Å²) in [5.41, 5.74) is 7.69. The number of halogens is 1. The van der Waals surface area contributed by atoms with E-state index in [1.807, 2.05) is 6.07 Å². The van der Waals surface area contributed by atoms with Gasteiger partial charge in [-0.15, -0.1) is 0 Å². The average molecular weight is 318 g/mol. The summed E-state index contributed by atoms with van der Waals surface area (Å²) in [6.45, 7) is 4.58. The molecule has 1 aromatic heterocycles. The van der Waals surface area contributed by atoms with Gasteiger partial charge < -0.3 is 4.98 Å². The lowest BCUT2D eigenvalue weighted by atomic mass is 9.82. The van der Waals surface area contributed by atoms with E-state index in [9.17, 15) is 0 Å². The molecule has 2 heteroatoms. The monoisotopic (exact) mass is 317 g/mol. The van der Waals surface area contributed by atoms with Gasteiger partial charge >= 0.3 is 0 Å². The number of hydrogen-bond acceptors (Lipinski definition) is 0. The van der Waals surface area contributed by atoms with Crippen molar-refractivity contribution in [1.29, 1.82) is 0 Å². The summed E-state index contributed by atoms with van der Waals surface area (Å²) in [6, 6.07) is 19.3. The van der Waals surface area contributed by atoms with Gasteiger partial charge in [-0.2, -0.15) is 0 Å². The summed E-state index contributed by atoms with van der Waals surface area (Å²) in [4.78, 5) is 3.63. The Hall–Kier alpha value is -2.25. The molecule has 5 rings (SSSR count). The smallest absolute Gasteiger partial charge is 0.0547 e. The molecular weight excluding hydrogens is 302 g/mol. The highest BCUT2D eigenvalue weighted by molar-refractivity contribution is 6.31. The summed E-state index contributed by atoms with van der Waals surface area (Å²) in [6.07, 6.45) is 0. The number of aromatic nitrogens is 1. The van der Waals surface area contributed by atoms with Gasteiger partial charge in [0.25, 0.3) is 0 Å². The number of para-hydroxylation sites is 1. The molecule has 0 fully saturated rings. The van der Waals surface area contributed by atoms with E-state index in [1.54, 1.807) is 0 Å². The zero-order valence-electron chi connectivity index (χ0n) is 13.1. The molecule has 0 saturated carbocycles. The van der Waals surface area contributed by atoms with Crippen LogP contribution in [0.4, 0.5) is 0 Å². The Morgan fingerprint density at radius 3 is 2.52 bits per heavy atom. The quantitative estimate of drug-likeness (QED) is 0.393. The van der Waals surface area contributed by atoms with Crippen LogP contribution in [0.1, 0.15) is 25.0 Å². The van der Waals surface area contributed by atoms with Gasteiger partial charge in [0.1, 0.15) is 0 Å². The summed E-state index contributed by atoms with van der Waals surface area (Å²) < 4.78 is 0. The highest BCUT2D eigenvalue weighted by Gasteiger charge is 2.36. The molecule has 23 heavy (non-hydrogen) atoms. The normalized spacial score (nSPS) is 15.1. The first kappa shape index (κ1) is 13.2. The average Bonchev–Trinajstić information content (AvgIpc) is 3.01. The second kappa shape index (κ2) is 4.18. The fourth-order valence-electron chi connectivity index (χ4n) is 4.13. The first-order valence-corrected chi connectivity index (χ1v) is 8.29. The first-order valence-electron chi connectivity index (χ1n) is 7.92. The third-order valence-electron chi connectivity index (χ3n) is 5.28. The van der Waals surface area contributed by atoms with E-state index in [1.165, 1.54) is 44.1 Å². The van der Waals surface area contributed by atoms with Gasteiger partial charge in [-0.1, -0.05) is 61.8 Å². The van der Waals surface area contributed by atoms with Crippen molar-refractivity contribution in [2.75, 3.05) is 0 Å². The van der Waals surface area contributed by atoms with Crippen molar-refractivity contribution in [3.8, 4) is 11.1 Å². The number of aromatic amines is 1. The van der Waals surface area contributed by atoms with Crippen molar-refractivity contribution >= 4 is 33.4 Å². The molecule has 1 nitrogen and oxygen atoms in total. The third-order valence-corrected chi connectivity index (χ3v) is 5.51. The molecule has 4 aromatic rings. The predicted molar refractivity (Wildman–Crippen MR) is 98.4 cm³/mol. The Labute approximate surface area is 139 Å². The number of H-pyrrole nitrogens is 1. The van der Waals surface area contributed by atoms with Gasteiger partial charge in [-0.05, 0) is 34.9 Å². The minimum absolute atomic E-state index is 0.000734. The van der Waals surface area contributed by atoms with Crippen LogP contribution in [0.2, 0.25) is 5.02 Å². The third kappa shape index (κ3) is 1.58. The molecular formula is C21H16ClN. The Bertz CT molecular complexity index is 1100. The van der Waals surface area contributed by atoms with Crippen LogP contribution in [-0.4, -0.2) is 4.98 Å². The van der Waals surface area contributed by atoms with Gasteiger partial charge in [-0.25, -0.2) is 0 Å². The SMILES string of the molecule is CC1(C)c2ccc(Cl)cc2-c2c1ccc1c2[nH]c2ccccc21. The predicted octanol–water partition coefficient (Wildman–Crippen LogP) is 6.28. The lowest BCUT2D eigenvalue weighted by Crippen LogP contribution is -2.14. The van der Waals surface area contributed by atoms with Crippen LogP contribution >= 0.6 is 11.6 Å². The van der Waals surface area contributed by atoms with Crippen molar-refractivity contribution in [3.63, 3.8) is 0 Å². The van der Waals surface area contributed by atoms with Crippen molar-refractivity contribution < 1.29 is 0 Å². The maximum atomic E-state index is 6.30. The van der Waals surface area contributed by atoms with Gasteiger partial charge in [-0.3, -0.25) is 0 Å². The first-order chi connectivity index (χ1) is 11.1. The Morgan fingerprint density at radius 1 is 0.870 bits per heavy atom. The number of rotatable bonds is 0. The summed E-state index contributed by atoms with van der Waals surface area (Å²) in [5, 5.41) is 3.35. The van der Waals surface area contributed by atoms with E-state index in [2.05, 4.69) is 67.4 Å². The second-order valence-corrected chi connectivity index (χ2v) is 7.33. The second-order valence-electron chi connectivity index (χ2n) is 6.90. The fraction of sp³-hybridized carbons (Fsp3) is 0.143. The van der Waals surface area contributed by atoms with E-state index < -0.39 is 0 Å². The van der Waals surface area contributed by atoms with E-state index in [-0.39, 0.29) is 5.41 Å². The molecule has 1 heterocycles. The highest BCUT2D eigenvalue weighted by Crippen LogP contribution is 2.52. The van der Waals surface area contributed by atoms with Crippen LogP contribution < -0.4 is 0 Å². The molecule has 1 aliphatic carbocycles. The maximum absolute atomic E-state index is 6.30. The van der Waals surface area contributed by atoms with Crippen LogP contribution in [0.15, 0.2) is 54.6 Å². The molecule has 0 atom stereocenters. The van der Waals surface area contributed by atoms with Crippen molar-refractivity contribution in [1.82, 2.24) is 4.98 Å². The molecule has 1 aliphatic rings. The van der Waals surface area contributed by atoms with Gasteiger partial charge in [0.05, 0.1) is 5.52 Å². The number of hydrogen-bond donors (Lipinski definition) is 1. The molecule has 3 aromatic carbocycles. The zero-order chi connectivity index (χ0) is 15.8. The topological polar surface area (TPSA) is 15.8 Å². The van der Waals surface area contributed by atoms with Crippen LogP contribution in [0.25, 0.3) is 32.9 Å². The van der Waals surface area contributed by atoms with E-state index in [0.717, 1.165) is 5.02 Å². The largest absolute Gasteiger partial charge is 0.354 e. The standard InChI is InChI=1S/C21H16ClN/c1-21(2)16-9-7-12(22)11-15(16)19-17(21)10-8-14-13-5-3-4-6-18(13)23-20(14)19/h3-11,23H,1-2H3. The molecule has 0 saturated heterocycles. The van der Waals surface area contributed by atoms with Crippen LogP contribution in [0, 0.1) is 0 Å². The van der Waals surface area contributed by atoms with Crippen molar-refractivity contribution in [2.45, 2.75) is 19.3 Å². The summed E-state index contributed by atoms with van der Waals surface area (Å²) in [5.74, 6) is 0. The molecule has 0 radical (unpaired) electrons. The molecule has 0 aliphatic heterocycles. The Morgan fingerprint density at radius 2 is 1.65 bits per heavy atom.